The van der Waals surface area contributed by atoms with Crippen LogP contribution in [-0.2, 0) is 26.2 Å². The average molecular weight is 253 g/mol. The maximum Gasteiger partial charge on any atom is 0.243 e. The van der Waals surface area contributed by atoms with Gasteiger partial charge in [-0.3, -0.25) is 0 Å². The number of aryl methyl sites for hydroxylation is 2. The molecule has 0 saturated carbocycles. The minimum atomic E-state index is 1.17. The predicted molar refractivity (Wildman–Crippen MR) is 72.0 cm³/mol. The van der Waals surface area contributed by atoms with E-state index in [2.05, 4.69) is 54.5 Å². The number of thiocyanates is 1. The van der Waals surface area contributed by atoms with E-state index in [0.717, 1.165) is 0 Å². The Bertz CT molecular complexity index is 315. The quantitative estimate of drug-likeness (QED) is 0.324. The molecule has 96 valence electrons. The Hall–Kier alpha value is -1.08. The fourth-order valence-electron chi connectivity index (χ4n) is 1.71. The second-order valence-corrected chi connectivity index (χ2v) is 4.36. The molecule has 0 aliphatic carbocycles. The van der Waals surface area contributed by atoms with E-state index in [4.69, 9.17) is 5.26 Å². The molecule has 17 heavy (non-hydrogen) atoms. The van der Waals surface area contributed by atoms with Gasteiger partial charge in [0.2, 0.25) is 6.33 Å². The highest BCUT2D eigenvalue weighted by Gasteiger charge is 1.98. The summed E-state index contributed by atoms with van der Waals surface area (Å²) in [7, 11) is 2.07. The third kappa shape index (κ3) is 9.83. The molecule has 0 N–H and O–H groups in total. The van der Waals surface area contributed by atoms with Crippen molar-refractivity contribution in [1.82, 2.24) is 4.57 Å². The standard InChI is InChI=1S/C12H23N2.CHNS/c1-3-4-5-6-7-8-9-14-11-10-13(2)12-14;2-1-3/h10-12H,3-9H2,1-2H3;3H/q+1;/p-1. The van der Waals surface area contributed by atoms with Crippen LogP contribution in [0.5, 0.6) is 0 Å². The number of nitrogens with zero attached hydrogens (tertiary/aromatic N) is 3. The summed E-state index contributed by atoms with van der Waals surface area (Å²) in [5.74, 6) is 0. The first-order chi connectivity index (χ1) is 8.24. The van der Waals surface area contributed by atoms with Crippen LogP contribution < -0.4 is 4.57 Å². The van der Waals surface area contributed by atoms with Gasteiger partial charge in [-0.1, -0.05) is 38.0 Å². The summed E-state index contributed by atoms with van der Waals surface area (Å²) in [6, 6.07) is 0. The lowest BCUT2D eigenvalue weighted by Gasteiger charge is -1.98. The second-order valence-electron chi connectivity index (χ2n) is 4.18. The van der Waals surface area contributed by atoms with Crippen LogP contribution in [0.4, 0.5) is 0 Å². The fraction of sp³-hybridized carbons (Fsp3) is 0.692. The lowest BCUT2D eigenvalue weighted by atomic mass is 10.1. The van der Waals surface area contributed by atoms with Gasteiger partial charge in [0, 0.05) is 0 Å². The minimum Gasteiger partial charge on any atom is -0.696 e. The molecule has 0 spiro atoms. The summed E-state index contributed by atoms with van der Waals surface area (Å²) < 4.78 is 4.36. The SMILES string of the molecule is CCCCCCCCn1cc[n+](C)c1.N#C[S-]. The van der Waals surface area contributed by atoms with Gasteiger partial charge in [-0.25, -0.2) is 14.4 Å². The zero-order chi connectivity index (χ0) is 12.9. The molecule has 0 unspecified atom stereocenters. The maximum atomic E-state index is 7.13. The minimum absolute atomic E-state index is 1.17. The first-order valence-corrected chi connectivity index (χ1v) is 6.67. The molecule has 0 amide bonds. The largest absolute Gasteiger partial charge is 0.696 e. The second kappa shape index (κ2) is 11.4. The van der Waals surface area contributed by atoms with Crippen molar-refractivity contribution < 1.29 is 4.57 Å². The summed E-state index contributed by atoms with van der Waals surface area (Å²) in [6.07, 6.45) is 14.6. The van der Waals surface area contributed by atoms with Crippen molar-refractivity contribution in [3.05, 3.63) is 18.7 Å². The summed E-state index contributed by atoms with van der Waals surface area (Å²) in [5.41, 5.74) is 0. The van der Waals surface area contributed by atoms with E-state index in [-0.39, 0.29) is 0 Å². The molecule has 1 heterocycles. The van der Waals surface area contributed by atoms with Crippen LogP contribution in [0.3, 0.4) is 0 Å². The maximum absolute atomic E-state index is 7.13. The van der Waals surface area contributed by atoms with Gasteiger partial charge in [0.05, 0.1) is 13.6 Å². The molecule has 0 saturated heterocycles. The number of imidazole rings is 1. The number of unbranched alkanes of at least 4 members (excludes halogenated alkanes) is 5. The molecule has 3 nitrogen and oxygen atoms in total. The smallest absolute Gasteiger partial charge is 0.243 e. The molecule has 0 fully saturated rings. The number of hydrogen-bond donors (Lipinski definition) is 0. The first-order valence-electron chi connectivity index (χ1n) is 6.26. The van der Waals surface area contributed by atoms with E-state index in [9.17, 15) is 0 Å². The molecule has 1 aromatic heterocycles. The van der Waals surface area contributed by atoms with E-state index >= 15 is 0 Å². The van der Waals surface area contributed by atoms with Gasteiger partial charge >= 0.3 is 0 Å². The van der Waals surface area contributed by atoms with Crippen LogP contribution in [0.25, 0.3) is 0 Å². The van der Waals surface area contributed by atoms with Crippen LogP contribution in [0.2, 0.25) is 0 Å². The molecule has 0 radical (unpaired) electrons. The third-order valence-corrected chi connectivity index (χ3v) is 2.59. The van der Waals surface area contributed by atoms with Crippen molar-refractivity contribution in [2.45, 2.75) is 52.0 Å². The molecule has 0 aliphatic rings. The normalized spacial score (nSPS) is 9.24. The van der Waals surface area contributed by atoms with Gasteiger partial charge in [-0.2, -0.15) is 0 Å². The molecule has 0 atom stereocenters. The van der Waals surface area contributed by atoms with Crippen molar-refractivity contribution in [3.63, 3.8) is 0 Å². The molecular weight excluding hydrogens is 230 g/mol. The van der Waals surface area contributed by atoms with Gasteiger partial charge in [0.25, 0.3) is 0 Å². The van der Waals surface area contributed by atoms with Crippen molar-refractivity contribution in [2.75, 3.05) is 0 Å². The van der Waals surface area contributed by atoms with E-state index < -0.39 is 0 Å². The lowest BCUT2D eigenvalue weighted by Crippen LogP contribution is -2.23. The fourth-order valence-corrected chi connectivity index (χ4v) is 1.71. The van der Waals surface area contributed by atoms with Crippen LogP contribution in [0, 0.1) is 10.7 Å². The summed E-state index contributed by atoms with van der Waals surface area (Å²) >= 11 is 3.70. The number of hydrogen-bond acceptors (Lipinski definition) is 2. The average Bonchev–Trinajstić information content (AvgIpc) is 2.70. The number of rotatable bonds is 7. The van der Waals surface area contributed by atoms with Gasteiger partial charge in [-0.05, 0) is 12.8 Å². The molecule has 0 bridgehead atoms. The predicted octanol–water partition coefficient (Wildman–Crippen LogP) is 2.69. The number of nitriles is 1. The Balaban J connectivity index is 0.000000770. The lowest BCUT2D eigenvalue weighted by molar-refractivity contribution is -0.671. The molecule has 4 heteroatoms. The van der Waals surface area contributed by atoms with Crippen molar-refractivity contribution >= 4 is 12.6 Å². The summed E-state index contributed by atoms with van der Waals surface area (Å²) in [4.78, 5) is 0. The van der Waals surface area contributed by atoms with Gasteiger partial charge < -0.3 is 12.6 Å². The molecule has 0 aromatic carbocycles. The van der Waals surface area contributed by atoms with Crippen molar-refractivity contribution in [1.29, 1.82) is 5.26 Å². The Morgan fingerprint density at radius 1 is 1.24 bits per heavy atom. The first kappa shape index (κ1) is 15.9. The van der Waals surface area contributed by atoms with E-state index in [1.807, 2.05) is 0 Å². The van der Waals surface area contributed by atoms with Crippen LogP contribution in [0.1, 0.15) is 45.4 Å². The Morgan fingerprint density at radius 2 is 1.82 bits per heavy atom. The van der Waals surface area contributed by atoms with Crippen LogP contribution in [0.15, 0.2) is 18.7 Å². The van der Waals surface area contributed by atoms with E-state index in [0.29, 0.717) is 0 Å². The highest BCUT2D eigenvalue weighted by molar-refractivity contribution is 7.64. The molecular formula is C13H23N3S. The number of aromatic nitrogens is 2. The molecule has 1 rings (SSSR count). The van der Waals surface area contributed by atoms with Crippen molar-refractivity contribution in [2.24, 2.45) is 7.05 Å². The van der Waals surface area contributed by atoms with Gasteiger partial charge in [-0.15, -0.1) is 0 Å². The Labute approximate surface area is 110 Å². The van der Waals surface area contributed by atoms with E-state index in [1.54, 1.807) is 0 Å². The third-order valence-electron chi connectivity index (χ3n) is 2.59. The van der Waals surface area contributed by atoms with Crippen LogP contribution >= 0.6 is 0 Å². The topological polar surface area (TPSA) is 32.6 Å². The summed E-state index contributed by atoms with van der Waals surface area (Å²) in [6.45, 7) is 3.44. The van der Waals surface area contributed by atoms with Gasteiger partial charge in [0.1, 0.15) is 12.4 Å². The zero-order valence-electron chi connectivity index (χ0n) is 10.9. The summed E-state index contributed by atoms with van der Waals surface area (Å²) in [5, 5.41) is 8.47. The highest BCUT2D eigenvalue weighted by Crippen LogP contribution is 2.05. The molecule has 0 aliphatic heterocycles. The Kier molecular flexibility index (Phi) is 10.7. The van der Waals surface area contributed by atoms with Crippen molar-refractivity contribution in [3.8, 4) is 5.40 Å². The Morgan fingerprint density at radius 3 is 2.35 bits per heavy atom. The van der Waals surface area contributed by atoms with Crippen LogP contribution in [-0.4, -0.2) is 4.57 Å². The van der Waals surface area contributed by atoms with Gasteiger partial charge in [0.15, 0.2) is 0 Å². The zero-order valence-corrected chi connectivity index (χ0v) is 11.7. The monoisotopic (exact) mass is 253 g/mol. The van der Waals surface area contributed by atoms with E-state index in [1.165, 1.54) is 50.5 Å². The highest BCUT2D eigenvalue weighted by atomic mass is 32.1. The molecule has 1 aromatic rings.